The van der Waals surface area contributed by atoms with Crippen LogP contribution >= 0.6 is 23.1 Å². The van der Waals surface area contributed by atoms with Crippen LogP contribution in [0, 0.1) is 0 Å². The standard InChI is InChI=1S/C23H20N4O3S2/c1-2-30-22(29)17-11-6-7-12-18(17)24-20(28)15-32-23-26-25-21(19-13-8-14-31-19)27(23)16-9-4-3-5-10-16/h3-14H,2,15H2,1H3,(H,24,28). The fourth-order valence-electron chi connectivity index (χ4n) is 3.03. The van der Waals surface area contributed by atoms with Gasteiger partial charge in [0.15, 0.2) is 11.0 Å². The van der Waals surface area contributed by atoms with E-state index >= 15 is 0 Å². The minimum atomic E-state index is -0.472. The number of benzene rings is 2. The summed E-state index contributed by atoms with van der Waals surface area (Å²) in [6.07, 6.45) is 0. The Balaban J connectivity index is 1.53. The normalized spacial score (nSPS) is 10.7. The molecule has 9 heteroatoms. The Kier molecular flexibility index (Phi) is 6.98. The molecule has 4 aromatic rings. The van der Waals surface area contributed by atoms with Crippen LogP contribution in [0.4, 0.5) is 5.69 Å². The summed E-state index contributed by atoms with van der Waals surface area (Å²) < 4.78 is 7.01. The largest absolute Gasteiger partial charge is 0.462 e. The maximum atomic E-state index is 12.7. The summed E-state index contributed by atoms with van der Waals surface area (Å²) in [4.78, 5) is 25.8. The van der Waals surface area contributed by atoms with Gasteiger partial charge in [-0.1, -0.05) is 48.2 Å². The number of anilines is 1. The molecule has 2 aromatic carbocycles. The number of aromatic nitrogens is 3. The topological polar surface area (TPSA) is 86.1 Å². The molecule has 7 nitrogen and oxygen atoms in total. The molecule has 2 heterocycles. The van der Waals surface area contributed by atoms with E-state index in [1.165, 1.54) is 11.8 Å². The van der Waals surface area contributed by atoms with Gasteiger partial charge < -0.3 is 10.1 Å². The van der Waals surface area contributed by atoms with Gasteiger partial charge in [0.1, 0.15) is 0 Å². The summed E-state index contributed by atoms with van der Waals surface area (Å²) in [6.45, 7) is 2.00. The predicted molar refractivity (Wildman–Crippen MR) is 126 cm³/mol. The molecule has 0 fully saturated rings. The Hall–Kier alpha value is -3.43. The second-order valence-corrected chi connectivity index (χ2v) is 8.45. The quantitative estimate of drug-likeness (QED) is 0.295. The maximum absolute atomic E-state index is 12.7. The highest BCUT2D eigenvalue weighted by molar-refractivity contribution is 7.99. The third kappa shape index (κ3) is 4.90. The zero-order valence-corrected chi connectivity index (χ0v) is 18.9. The van der Waals surface area contributed by atoms with Gasteiger partial charge in [0.05, 0.1) is 28.5 Å². The summed E-state index contributed by atoms with van der Waals surface area (Å²) in [7, 11) is 0. The van der Waals surface area contributed by atoms with E-state index < -0.39 is 5.97 Å². The lowest BCUT2D eigenvalue weighted by molar-refractivity contribution is -0.113. The van der Waals surface area contributed by atoms with Crippen molar-refractivity contribution < 1.29 is 14.3 Å². The van der Waals surface area contributed by atoms with Gasteiger partial charge in [-0.3, -0.25) is 9.36 Å². The molecular formula is C23H20N4O3S2. The van der Waals surface area contributed by atoms with E-state index in [9.17, 15) is 9.59 Å². The van der Waals surface area contributed by atoms with Gasteiger partial charge >= 0.3 is 5.97 Å². The average molecular weight is 465 g/mol. The first-order valence-corrected chi connectivity index (χ1v) is 11.8. The lowest BCUT2D eigenvalue weighted by atomic mass is 10.2. The van der Waals surface area contributed by atoms with Crippen LogP contribution in [0.1, 0.15) is 17.3 Å². The smallest absolute Gasteiger partial charge is 0.340 e. The van der Waals surface area contributed by atoms with Gasteiger partial charge in [-0.15, -0.1) is 21.5 Å². The molecule has 0 bridgehead atoms. The van der Waals surface area contributed by atoms with Crippen LogP contribution in [0.2, 0.25) is 0 Å². The molecule has 2 aromatic heterocycles. The van der Waals surface area contributed by atoms with Crippen LogP contribution in [0.5, 0.6) is 0 Å². The molecule has 32 heavy (non-hydrogen) atoms. The van der Waals surface area contributed by atoms with Crippen molar-refractivity contribution in [2.75, 3.05) is 17.7 Å². The summed E-state index contributed by atoms with van der Waals surface area (Å²) in [5.74, 6) is 0.0984. The van der Waals surface area contributed by atoms with Gasteiger partial charge in [0, 0.05) is 5.69 Å². The number of hydrogen-bond acceptors (Lipinski definition) is 7. The third-order valence-corrected chi connectivity index (χ3v) is 6.21. The highest BCUT2D eigenvalue weighted by atomic mass is 32.2. The molecule has 0 spiro atoms. The Bertz CT molecular complexity index is 1210. The van der Waals surface area contributed by atoms with Crippen molar-refractivity contribution in [2.24, 2.45) is 0 Å². The highest BCUT2D eigenvalue weighted by Gasteiger charge is 2.19. The summed E-state index contributed by atoms with van der Waals surface area (Å²) in [6, 6.07) is 20.5. The van der Waals surface area contributed by atoms with Crippen molar-refractivity contribution in [3.8, 4) is 16.4 Å². The van der Waals surface area contributed by atoms with E-state index in [1.807, 2.05) is 52.4 Å². The zero-order valence-electron chi connectivity index (χ0n) is 17.2. The first-order valence-electron chi connectivity index (χ1n) is 9.91. The van der Waals surface area contributed by atoms with Crippen LogP contribution in [-0.4, -0.2) is 39.0 Å². The van der Waals surface area contributed by atoms with Gasteiger partial charge in [0.2, 0.25) is 5.91 Å². The molecule has 0 aliphatic rings. The van der Waals surface area contributed by atoms with Gasteiger partial charge in [-0.25, -0.2) is 4.79 Å². The number of nitrogens with zero attached hydrogens (tertiary/aromatic N) is 3. The van der Waals surface area contributed by atoms with Crippen molar-refractivity contribution in [1.29, 1.82) is 0 Å². The molecule has 0 aliphatic carbocycles. The molecule has 1 amide bonds. The van der Waals surface area contributed by atoms with E-state index in [4.69, 9.17) is 4.74 Å². The SMILES string of the molecule is CCOC(=O)c1ccccc1NC(=O)CSc1nnc(-c2cccs2)n1-c1ccccc1. The second kappa shape index (κ2) is 10.3. The highest BCUT2D eigenvalue weighted by Crippen LogP contribution is 2.30. The van der Waals surface area contributed by atoms with E-state index in [0.717, 1.165) is 16.4 Å². The molecule has 0 saturated heterocycles. The van der Waals surface area contributed by atoms with Crippen LogP contribution in [0.15, 0.2) is 77.3 Å². The van der Waals surface area contributed by atoms with E-state index in [0.29, 0.717) is 16.4 Å². The lowest BCUT2D eigenvalue weighted by Gasteiger charge is -2.11. The van der Waals surface area contributed by atoms with Crippen LogP contribution in [0.25, 0.3) is 16.4 Å². The fourth-order valence-corrected chi connectivity index (χ4v) is 4.48. The number of esters is 1. The molecule has 0 radical (unpaired) electrons. The number of thioether (sulfide) groups is 1. The van der Waals surface area contributed by atoms with Crippen molar-refractivity contribution in [3.05, 3.63) is 77.7 Å². The van der Waals surface area contributed by atoms with E-state index in [2.05, 4.69) is 15.5 Å². The number of carbonyl (C=O) groups excluding carboxylic acids is 2. The van der Waals surface area contributed by atoms with Crippen molar-refractivity contribution >= 4 is 40.7 Å². The van der Waals surface area contributed by atoms with Crippen molar-refractivity contribution in [2.45, 2.75) is 12.1 Å². The number of ether oxygens (including phenoxy) is 1. The summed E-state index contributed by atoms with van der Waals surface area (Å²) in [5.41, 5.74) is 1.65. The molecule has 162 valence electrons. The van der Waals surface area contributed by atoms with E-state index in [1.54, 1.807) is 42.5 Å². The second-order valence-electron chi connectivity index (χ2n) is 6.56. The van der Waals surface area contributed by atoms with Crippen LogP contribution in [0.3, 0.4) is 0 Å². The third-order valence-electron chi connectivity index (χ3n) is 4.42. The van der Waals surface area contributed by atoms with Crippen LogP contribution in [-0.2, 0) is 9.53 Å². The number of thiophene rings is 1. The maximum Gasteiger partial charge on any atom is 0.340 e. The number of amides is 1. The Morgan fingerprint density at radius 2 is 1.81 bits per heavy atom. The first-order chi connectivity index (χ1) is 15.7. The molecule has 0 saturated carbocycles. The van der Waals surface area contributed by atoms with Crippen molar-refractivity contribution in [3.63, 3.8) is 0 Å². The average Bonchev–Trinajstić information content (AvgIpc) is 3.48. The number of rotatable bonds is 8. The summed E-state index contributed by atoms with van der Waals surface area (Å²) >= 11 is 2.85. The van der Waals surface area contributed by atoms with Gasteiger partial charge in [-0.05, 0) is 42.6 Å². The lowest BCUT2D eigenvalue weighted by Crippen LogP contribution is -2.17. The molecule has 0 unspecified atom stereocenters. The number of para-hydroxylation sites is 2. The number of hydrogen-bond donors (Lipinski definition) is 1. The fraction of sp³-hybridized carbons (Fsp3) is 0.130. The minimum absolute atomic E-state index is 0.104. The molecule has 0 aliphatic heterocycles. The molecule has 1 N–H and O–H groups in total. The van der Waals surface area contributed by atoms with Crippen molar-refractivity contribution in [1.82, 2.24) is 14.8 Å². The predicted octanol–water partition coefficient (Wildman–Crippen LogP) is 4.90. The summed E-state index contributed by atoms with van der Waals surface area (Å²) in [5, 5.41) is 14.1. The van der Waals surface area contributed by atoms with Crippen LogP contribution < -0.4 is 5.32 Å². The number of nitrogens with one attached hydrogen (secondary N) is 1. The Morgan fingerprint density at radius 1 is 1.03 bits per heavy atom. The number of carbonyl (C=O) groups is 2. The molecule has 0 atom stereocenters. The zero-order chi connectivity index (χ0) is 22.3. The molecule has 4 rings (SSSR count). The Labute approximate surface area is 193 Å². The van der Waals surface area contributed by atoms with E-state index in [-0.39, 0.29) is 18.3 Å². The van der Waals surface area contributed by atoms with Gasteiger partial charge in [-0.2, -0.15) is 0 Å². The first kappa shape index (κ1) is 21.8. The Morgan fingerprint density at radius 3 is 2.56 bits per heavy atom. The van der Waals surface area contributed by atoms with Gasteiger partial charge in [0.25, 0.3) is 0 Å². The monoisotopic (exact) mass is 464 g/mol. The molecular weight excluding hydrogens is 444 g/mol. The minimum Gasteiger partial charge on any atom is -0.462 e.